The topological polar surface area (TPSA) is 47.1 Å². The van der Waals surface area contributed by atoms with Crippen LogP contribution in [-0.2, 0) is 7.05 Å². The third kappa shape index (κ3) is 1.74. The molecule has 0 radical (unpaired) electrons. The van der Waals surface area contributed by atoms with Gasteiger partial charge in [0, 0.05) is 26.0 Å². The first-order valence-corrected chi connectivity index (χ1v) is 5.18. The van der Waals surface area contributed by atoms with E-state index in [1.165, 1.54) is 5.56 Å². The summed E-state index contributed by atoms with van der Waals surface area (Å²) in [6, 6.07) is 8.17. The molecule has 4 nitrogen and oxygen atoms in total. The van der Waals surface area contributed by atoms with E-state index in [2.05, 4.69) is 24.2 Å². The second-order valence-corrected chi connectivity index (χ2v) is 3.93. The summed E-state index contributed by atoms with van der Waals surface area (Å²) in [6.45, 7) is 2.07. The zero-order chi connectivity index (χ0) is 11.7. The highest BCUT2D eigenvalue weighted by Gasteiger charge is 2.12. The Labute approximate surface area is 95.3 Å². The van der Waals surface area contributed by atoms with Crippen LogP contribution < -0.4 is 10.6 Å². The molecule has 0 aliphatic rings. The van der Waals surface area contributed by atoms with Crippen LogP contribution >= 0.6 is 0 Å². The molecule has 0 saturated heterocycles. The molecule has 0 fully saturated rings. The van der Waals surface area contributed by atoms with Gasteiger partial charge < -0.3 is 10.6 Å². The number of rotatable bonds is 2. The molecule has 1 aromatic carbocycles. The number of anilines is 3. The normalized spacial score (nSPS) is 10.4. The van der Waals surface area contributed by atoms with Crippen molar-refractivity contribution in [1.29, 1.82) is 0 Å². The minimum absolute atomic E-state index is 0.688. The maximum absolute atomic E-state index is 5.90. The standard InChI is InChI=1S/C12H16N4/c1-9-6-4-5-7-11(9)16(3)12-10(13)8-15(2)14-12/h4-8H,13H2,1-3H3. The van der Waals surface area contributed by atoms with Gasteiger partial charge in [-0.25, -0.2) is 0 Å². The predicted octanol–water partition coefficient (Wildman–Crippen LogP) is 2.08. The van der Waals surface area contributed by atoms with E-state index in [9.17, 15) is 0 Å². The molecule has 0 atom stereocenters. The molecule has 2 aromatic rings. The largest absolute Gasteiger partial charge is 0.394 e. The number of nitrogens with two attached hydrogens (primary N) is 1. The van der Waals surface area contributed by atoms with Crippen molar-refractivity contribution in [2.24, 2.45) is 7.05 Å². The second-order valence-electron chi connectivity index (χ2n) is 3.93. The van der Waals surface area contributed by atoms with Gasteiger partial charge in [0.1, 0.15) is 0 Å². The third-order valence-corrected chi connectivity index (χ3v) is 2.63. The highest BCUT2D eigenvalue weighted by Crippen LogP contribution is 2.28. The van der Waals surface area contributed by atoms with Gasteiger partial charge in [-0.15, -0.1) is 0 Å². The van der Waals surface area contributed by atoms with Crippen LogP contribution in [0.2, 0.25) is 0 Å². The monoisotopic (exact) mass is 216 g/mol. The van der Waals surface area contributed by atoms with Crippen molar-refractivity contribution >= 4 is 17.2 Å². The van der Waals surface area contributed by atoms with Crippen LogP contribution in [0.3, 0.4) is 0 Å². The van der Waals surface area contributed by atoms with Crippen LogP contribution in [0, 0.1) is 6.92 Å². The molecular formula is C12H16N4. The molecule has 1 aromatic heterocycles. The first-order chi connectivity index (χ1) is 7.59. The summed E-state index contributed by atoms with van der Waals surface area (Å²) >= 11 is 0. The van der Waals surface area contributed by atoms with Crippen LogP contribution in [0.25, 0.3) is 0 Å². The van der Waals surface area contributed by atoms with E-state index in [4.69, 9.17) is 5.73 Å². The van der Waals surface area contributed by atoms with E-state index in [-0.39, 0.29) is 0 Å². The average molecular weight is 216 g/mol. The zero-order valence-electron chi connectivity index (χ0n) is 9.81. The SMILES string of the molecule is Cc1ccccc1N(C)c1nn(C)cc1N. The van der Waals surface area contributed by atoms with Gasteiger partial charge >= 0.3 is 0 Å². The fourth-order valence-corrected chi connectivity index (χ4v) is 1.81. The molecule has 0 bridgehead atoms. The van der Waals surface area contributed by atoms with E-state index in [1.807, 2.05) is 37.3 Å². The molecule has 0 unspecified atom stereocenters. The van der Waals surface area contributed by atoms with Crippen LogP contribution in [0.15, 0.2) is 30.5 Å². The molecule has 16 heavy (non-hydrogen) atoms. The molecular weight excluding hydrogens is 200 g/mol. The maximum Gasteiger partial charge on any atom is 0.178 e. The highest BCUT2D eigenvalue weighted by molar-refractivity contribution is 5.71. The highest BCUT2D eigenvalue weighted by atomic mass is 15.3. The van der Waals surface area contributed by atoms with Crippen LogP contribution in [0.4, 0.5) is 17.2 Å². The maximum atomic E-state index is 5.90. The Kier molecular flexibility index (Phi) is 2.56. The van der Waals surface area contributed by atoms with Crippen molar-refractivity contribution in [3.05, 3.63) is 36.0 Å². The first-order valence-electron chi connectivity index (χ1n) is 5.18. The van der Waals surface area contributed by atoms with Crippen LogP contribution in [-0.4, -0.2) is 16.8 Å². The van der Waals surface area contributed by atoms with Gasteiger partial charge in [0.05, 0.1) is 5.69 Å². The van der Waals surface area contributed by atoms with Crippen molar-refractivity contribution in [3.63, 3.8) is 0 Å². The smallest absolute Gasteiger partial charge is 0.178 e. The molecule has 0 aliphatic carbocycles. The quantitative estimate of drug-likeness (QED) is 0.836. The molecule has 2 N–H and O–H groups in total. The number of aromatic nitrogens is 2. The second kappa shape index (κ2) is 3.89. The summed E-state index contributed by atoms with van der Waals surface area (Å²) < 4.78 is 1.72. The van der Waals surface area contributed by atoms with E-state index in [1.54, 1.807) is 4.68 Å². The molecule has 0 aliphatic heterocycles. The van der Waals surface area contributed by atoms with Crippen molar-refractivity contribution in [3.8, 4) is 0 Å². The summed E-state index contributed by atoms with van der Waals surface area (Å²) in [5.41, 5.74) is 8.92. The fourth-order valence-electron chi connectivity index (χ4n) is 1.81. The summed E-state index contributed by atoms with van der Waals surface area (Å²) in [6.07, 6.45) is 1.81. The minimum Gasteiger partial charge on any atom is -0.394 e. The molecule has 2 rings (SSSR count). The van der Waals surface area contributed by atoms with Crippen molar-refractivity contribution in [2.75, 3.05) is 17.7 Å². The Morgan fingerprint density at radius 3 is 2.56 bits per heavy atom. The Morgan fingerprint density at radius 2 is 2.00 bits per heavy atom. The van der Waals surface area contributed by atoms with Gasteiger partial charge in [0.2, 0.25) is 0 Å². The first kappa shape index (κ1) is 10.5. The van der Waals surface area contributed by atoms with Gasteiger partial charge in [0.25, 0.3) is 0 Å². The van der Waals surface area contributed by atoms with Crippen LogP contribution in [0.5, 0.6) is 0 Å². The Morgan fingerprint density at radius 1 is 1.31 bits per heavy atom. The lowest BCUT2D eigenvalue weighted by atomic mass is 10.2. The summed E-state index contributed by atoms with van der Waals surface area (Å²) in [5, 5.41) is 4.35. The summed E-state index contributed by atoms with van der Waals surface area (Å²) in [7, 11) is 3.84. The molecule has 0 saturated carbocycles. The summed E-state index contributed by atoms with van der Waals surface area (Å²) in [4.78, 5) is 2.00. The van der Waals surface area contributed by atoms with E-state index >= 15 is 0 Å². The Hall–Kier alpha value is -1.97. The molecule has 4 heteroatoms. The van der Waals surface area contributed by atoms with Gasteiger partial charge in [0.15, 0.2) is 5.82 Å². The summed E-state index contributed by atoms with van der Waals surface area (Å²) in [5.74, 6) is 0.789. The van der Waals surface area contributed by atoms with Gasteiger partial charge in [-0.2, -0.15) is 5.10 Å². The number of nitrogens with zero attached hydrogens (tertiary/aromatic N) is 3. The van der Waals surface area contributed by atoms with Gasteiger partial charge in [-0.1, -0.05) is 18.2 Å². The zero-order valence-corrected chi connectivity index (χ0v) is 9.81. The predicted molar refractivity (Wildman–Crippen MR) is 66.9 cm³/mol. The minimum atomic E-state index is 0.688. The molecule has 0 spiro atoms. The Bertz CT molecular complexity index is 501. The van der Waals surface area contributed by atoms with Gasteiger partial charge in [-0.3, -0.25) is 4.68 Å². The lowest BCUT2D eigenvalue weighted by Gasteiger charge is -2.19. The van der Waals surface area contributed by atoms with Crippen molar-refractivity contribution in [1.82, 2.24) is 9.78 Å². The fraction of sp³-hybridized carbons (Fsp3) is 0.250. The number of hydrogen-bond donors (Lipinski definition) is 1. The van der Waals surface area contributed by atoms with Crippen molar-refractivity contribution < 1.29 is 0 Å². The molecule has 84 valence electrons. The lowest BCUT2D eigenvalue weighted by Crippen LogP contribution is -2.13. The van der Waals surface area contributed by atoms with E-state index in [0.717, 1.165) is 11.5 Å². The number of aryl methyl sites for hydroxylation is 2. The number of para-hydroxylation sites is 1. The molecule has 0 amide bonds. The average Bonchev–Trinajstić information content (AvgIpc) is 2.58. The number of hydrogen-bond acceptors (Lipinski definition) is 3. The number of benzene rings is 1. The van der Waals surface area contributed by atoms with E-state index in [0.29, 0.717) is 5.69 Å². The van der Waals surface area contributed by atoms with Crippen LogP contribution in [0.1, 0.15) is 5.56 Å². The lowest BCUT2D eigenvalue weighted by molar-refractivity contribution is 0.765. The van der Waals surface area contributed by atoms with Crippen molar-refractivity contribution in [2.45, 2.75) is 6.92 Å². The van der Waals surface area contributed by atoms with Gasteiger partial charge in [-0.05, 0) is 18.6 Å². The molecule has 1 heterocycles. The Balaban J connectivity index is 2.43. The third-order valence-electron chi connectivity index (χ3n) is 2.63. The van der Waals surface area contributed by atoms with E-state index < -0.39 is 0 Å². The number of nitrogen functional groups attached to an aromatic ring is 1.